The third kappa shape index (κ3) is 10.1. The van der Waals surface area contributed by atoms with Crippen molar-refractivity contribution in [2.75, 3.05) is 62.4 Å². The monoisotopic (exact) mass is 936 g/mol. The number of thiazole rings is 1. The predicted molar refractivity (Wildman–Crippen MR) is 240 cm³/mol. The van der Waals surface area contributed by atoms with E-state index in [1.807, 2.05) is 30.3 Å². The van der Waals surface area contributed by atoms with Crippen molar-refractivity contribution >= 4 is 74.0 Å². The summed E-state index contributed by atoms with van der Waals surface area (Å²) in [6.07, 6.45) is 4.07. The smallest absolute Gasteiger partial charge is 0.262 e. The van der Waals surface area contributed by atoms with Gasteiger partial charge in [-0.15, -0.1) is 11.3 Å². The topological polar surface area (TPSA) is 227 Å². The third-order valence-electron chi connectivity index (χ3n) is 11.4. The average molecular weight is 937 g/mol. The average Bonchev–Trinajstić information content (AvgIpc) is 4.06. The molecule has 3 aliphatic rings. The van der Waals surface area contributed by atoms with Crippen LogP contribution in [-0.4, -0.2) is 138 Å². The van der Waals surface area contributed by atoms with E-state index in [2.05, 4.69) is 20.5 Å². The van der Waals surface area contributed by atoms with Gasteiger partial charge in [0.1, 0.15) is 24.4 Å². The maximum absolute atomic E-state index is 13.8. The quantitative estimate of drug-likeness (QED) is 0.101. The van der Waals surface area contributed by atoms with Crippen LogP contribution in [-0.2, 0) is 40.5 Å². The molecule has 2 saturated heterocycles. The Labute approximate surface area is 382 Å². The number of imide groups is 2. The molecule has 2 fully saturated rings. The Kier molecular flexibility index (Phi) is 13.5. The Morgan fingerprint density at radius 1 is 0.970 bits per heavy atom. The van der Waals surface area contributed by atoms with Crippen molar-refractivity contribution in [1.29, 1.82) is 0 Å². The summed E-state index contributed by atoms with van der Waals surface area (Å²) in [6, 6.07) is 20.0. The van der Waals surface area contributed by atoms with Crippen LogP contribution in [0, 0.1) is 0 Å². The number of carbonyl (C=O) groups is 7. The minimum Gasteiger partial charge on any atom is -0.492 e. The van der Waals surface area contributed by atoms with Crippen LogP contribution in [0.1, 0.15) is 49.5 Å². The summed E-state index contributed by atoms with van der Waals surface area (Å²) >= 11 is 1.21. The molecule has 0 radical (unpaired) electrons. The van der Waals surface area contributed by atoms with E-state index in [1.165, 1.54) is 41.9 Å². The summed E-state index contributed by atoms with van der Waals surface area (Å²) < 4.78 is 37.2. The minimum absolute atomic E-state index is 0.0333. The summed E-state index contributed by atoms with van der Waals surface area (Å²) in [5.74, 6) is -2.67. The zero-order valence-electron chi connectivity index (χ0n) is 35.5. The van der Waals surface area contributed by atoms with Crippen LogP contribution >= 0.6 is 11.3 Å². The van der Waals surface area contributed by atoms with Crippen molar-refractivity contribution in [3.63, 3.8) is 0 Å². The summed E-state index contributed by atoms with van der Waals surface area (Å²) in [5.41, 5.74) is 3.17. The zero-order chi connectivity index (χ0) is 46.5. The summed E-state index contributed by atoms with van der Waals surface area (Å²) in [5, 5.41) is 7.05. The SMILES string of the molecule is CS(=O)(=O)n1ccc(N(C=O)[C@@H](COCc2ccc(C(=O)N3CCN(CCOc4ccc5c(c4)C(=O)N(C4CCC(=O)NC4=O)C5=O)CC3)cc2)C(=O)Nc2nc(-c3ccccc3)cs2)c1. The predicted octanol–water partition coefficient (Wildman–Crippen LogP) is 2.84. The molecule has 21 heteroatoms. The van der Waals surface area contributed by atoms with Crippen LogP contribution in [0.2, 0.25) is 0 Å². The number of rotatable bonds is 17. The molecule has 2 aromatic heterocycles. The van der Waals surface area contributed by atoms with Crippen LogP contribution in [0.4, 0.5) is 10.8 Å². The molecule has 66 heavy (non-hydrogen) atoms. The third-order valence-corrected chi connectivity index (χ3v) is 13.1. The van der Waals surface area contributed by atoms with Gasteiger partial charge in [-0.3, -0.25) is 57.6 Å². The standard InChI is InChI=1S/C45H44N8O11S2/c1-66(61,62)51-16-15-32(24-51)52(28-54)38(41(57)48-45-46-36(27-65-45)30-5-3-2-4-6-30)26-63-25-29-7-9-31(10-8-29)42(58)50-19-17-49(18-20-50)21-22-64-33-11-12-34-35(23-33)44(60)53(43(34)59)37-13-14-39(55)47-40(37)56/h2-12,15-16,23-24,27-28,37-38H,13-14,17-22,25-26H2,1H3,(H,46,48,57)(H,47,55,56)/t37?,38-/m0/s1. The molecule has 5 heterocycles. The number of carbonyl (C=O) groups excluding carboxylic acids is 7. The highest BCUT2D eigenvalue weighted by Gasteiger charge is 2.44. The largest absolute Gasteiger partial charge is 0.492 e. The molecule has 1 unspecified atom stereocenters. The lowest BCUT2D eigenvalue weighted by atomic mass is 10.0. The molecule has 0 saturated carbocycles. The molecule has 0 spiro atoms. The van der Waals surface area contributed by atoms with Gasteiger partial charge in [-0.05, 0) is 48.4 Å². The molecule has 0 bridgehead atoms. The fourth-order valence-electron chi connectivity index (χ4n) is 7.80. The number of amides is 7. The van der Waals surface area contributed by atoms with E-state index < -0.39 is 51.6 Å². The number of piperidine rings is 1. The molecular formula is C45H44N8O11S2. The zero-order valence-corrected chi connectivity index (χ0v) is 37.2. The Morgan fingerprint density at radius 3 is 2.41 bits per heavy atom. The van der Waals surface area contributed by atoms with Crippen LogP contribution < -0.4 is 20.3 Å². The second-order valence-electron chi connectivity index (χ2n) is 15.7. The minimum atomic E-state index is -3.67. The van der Waals surface area contributed by atoms with Crippen molar-refractivity contribution in [2.45, 2.75) is 31.5 Å². The number of aromatic nitrogens is 2. The number of benzene rings is 3. The lowest BCUT2D eigenvalue weighted by molar-refractivity contribution is -0.136. The second-order valence-corrected chi connectivity index (χ2v) is 18.5. The first-order valence-corrected chi connectivity index (χ1v) is 23.6. The van der Waals surface area contributed by atoms with Crippen LogP contribution in [0.25, 0.3) is 11.3 Å². The lowest BCUT2D eigenvalue weighted by Gasteiger charge is -2.34. The number of nitrogens with zero attached hydrogens (tertiary/aromatic N) is 6. The van der Waals surface area contributed by atoms with Gasteiger partial charge in [-0.25, -0.2) is 13.4 Å². The number of hydrogen-bond donors (Lipinski definition) is 2. The van der Waals surface area contributed by atoms with E-state index in [-0.39, 0.29) is 55.4 Å². The van der Waals surface area contributed by atoms with Gasteiger partial charge >= 0.3 is 0 Å². The van der Waals surface area contributed by atoms with E-state index in [0.717, 1.165) is 25.6 Å². The molecule has 5 aromatic rings. The van der Waals surface area contributed by atoms with Gasteiger partial charge in [0, 0.05) is 68.0 Å². The Bertz CT molecular complexity index is 2790. The number of anilines is 2. The molecule has 2 atom stereocenters. The number of piperazine rings is 1. The number of hydrogen-bond acceptors (Lipinski definition) is 14. The van der Waals surface area contributed by atoms with Crippen molar-refractivity contribution < 1.29 is 51.5 Å². The normalized spacial score (nSPS) is 17.0. The molecule has 7 amide bonds. The van der Waals surface area contributed by atoms with Crippen molar-refractivity contribution in [3.05, 3.63) is 119 Å². The van der Waals surface area contributed by atoms with E-state index in [0.29, 0.717) is 66.8 Å². The van der Waals surface area contributed by atoms with Gasteiger partial charge < -0.3 is 19.7 Å². The molecular weight excluding hydrogens is 893 g/mol. The first-order chi connectivity index (χ1) is 31.8. The van der Waals surface area contributed by atoms with E-state index >= 15 is 0 Å². The van der Waals surface area contributed by atoms with E-state index in [9.17, 15) is 42.0 Å². The number of fused-ring (bicyclic) bond motifs is 1. The van der Waals surface area contributed by atoms with Gasteiger partial charge in [0.05, 0.1) is 42.0 Å². The first-order valence-electron chi connectivity index (χ1n) is 20.9. The Morgan fingerprint density at radius 2 is 1.71 bits per heavy atom. The van der Waals surface area contributed by atoms with E-state index in [4.69, 9.17) is 9.47 Å². The molecule has 19 nitrogen and oxygen atoms in total. The molecule has 3 aromatic carbocycles. The van der Waals surface area contributed by atoms with E-state index in [1.54, 1.807) is 40.6 Å². The summed E-state index contributed by atoms with van der Waals surface area (Å²) in [7, 11) is -3.67. The van der Waals surface area contributed by atoms with Gasteiger partial charge in [-0.2, -0.15) is 0 Å². The summed E-state index contributed by atoms with van der Waals surface area (Å²) in [4.78, 5) is 100. The van der Waals surface area contributed by atoms with Crippen molar-refractivity contribution in [1.82, 2.24) is 29.0 Å². The maximum Gasteiger partial charge on any atom is 0.262 e. The molecule has 3 aliphatic heterocycles. The number of ether oxygens (including phenoxy) is 2. The maximum atomic E-state index is 13.8. The van der Waals surface area contributed by atoms with Crippen LogP contribution in [0.15, 0.2) is 96.6 Å². The molecule has 8 rings (SSSR count). The molecule has 0 aliphatic carbocycles. The van der Waals surface area contributed by atoms with Gasteiger partial charge in [0.25, 0.3) is 23.6 Å². The highest BCUT2D eigenvalue weighted by atomic mass is 32.2. The highest BCUT2D eigenvalue weighted by molar-refractivity contribution is 7.89. The van der Waals surface area contributed by atoms with Gasteiger partial charge in [0.2, 0.25) is 28.2 Å². The van der Waals surface area contributed by atoms with Crippen LogP contribution in [0.5, 0.6) is 5.75 Å². The lowest BCUT2D eigenvalue weighted by Crippen LogP contribution is -2.54. The van der Waals surface area contributed by atoms with Crippen molar-refractivity contribution in [3.8, 4) is 17.0 Å². The first kappa shape index (κ1) is 45.5. The van der Waals surface area contributed by atoms with Crippen molar-refractivity contribution in [2.24, 2.45) is 0 Å². The van der Waals surface area contributed by atoms with Crippen LogP contribution in [0.3, 0.4) is 0 Å². The summed E-state index contributed by atoms with van der Waals surface area (Å²) in [6.45, 7) is 2.76. The van der Waals surface area contributed by atoms with Gasteiger partial charge in [0.15, 0.2) is 5.13 Å². The van der Waals surface area contributed by atoms with Gasteiger partial charge in [-0.1, -0.05) is 42.5 Å². The molecule has 342 valence electrons. The number of nitrogens with one attached hydrogen (secondary N) is 2. The fourth-order valence-corrected chi connectivity index (χ4v) is 9.11. The Balaban J connectivity index is 0.817. The molecule has 2 N–H and O–H groups in total. The fraction of sp³-hybridized carbons (Fsp3) is 0.289. The Hall–Kier alpha value is -7.07. The highest BCUT2D eigenvalue weighted by Crippen LogP contribution is 2.31. The second kappa shape index (κ2) is 19.6.